The number of pyridine rings is 1. The second-order valence-electron chi connectivity index (χ2n) is 6.58. The summed E-state index contributed by atoms with van der Waals surface area (Å²) in [6.45, 7) is 5.97. The Morgan fingerprint density at radius 2 is 2.27 bits per heavy atom. The zero-order valence-corrected chi connectivity index (χ0v) is 16.1. The van der Waals surface area contributed by atoms with Gasteiger partial charge < -0.3 is 14.6 Å². The number of thioether (sulfide) groups is 1. The lowest BCUT2D eigenvalue weighted by atomic mass is 10.2. The molecule has 7 heteroatoms. The van der Waals surface area contributed by atoms with Gasteiger partial charge in [-0.2, -0.15) is 0 Å². The van der Waals surface area contributed by atoms with Crippen LogP contribution in [0.3, 0.4) is 0 Å². The van der Waals surface area contributed by atoms with Gasteiger partial charge in [0.2, 0.25) is 0 Å². The maximum Gasteiger partial charge on any atom is 0.254 e. The van der Waals surface area contributed by atoms with Gasteiger partial charge in [-0.25, -0.2) is 4.98 Å². The van der Waals surface area contributed by atoms with Crippen molar-refractivity contribution in [2.24, 2.45) is 5.92 Å². The van der Waals surface area contributed by atoms with Crippen LogP contribution in [0.5, 0.6) is 0 Å². The van der Waals surface area contributed by atoms with Crippen LogP contribution in [0.25, 0.3) is 0 Å². The van der Waals surface area contributed by atoms with E-state index < -0.39 is 0 Å². The van der Waals surface area contributed by atoms with Crippen molar-refractivity contribution in [3.63, 3.8) is 0 Å². The third kappa shape index (κ3) is 5.32. The maximum absolute atomic E-state index is 12.5. The van der Waals surface area contributed by atoms with Crippen molar-refractivity contribution in [2.45, 2.75) is 43.9 Å². The second-order valence-corrected chi connectivity index (χ2v) is 7.54. The van der Waals surface area contributed by atoms with Crippen LogP contribution in [-0.2, 0) is 10.5 Å². The number of aromatic nitrogens is 2. The Morgan fingerprint density at radius 3 is 3.00 bits per heavy atom. The van der Waals surface area contributed by atoms with Gasteiger partial charge in [-0.3, -0.25) is 4.79 Å². The smallest absolute Gasteiger partial charge is 0.254 e. The van der Waals surface area contributed by atoms with Crippen LogP contribution in [0.2, 0.25) is 0 Å². The van der Waals surface area contributed by atoms with Crippen LogP contribution < -0.4 is 5.32 Å². The van der Waals surface area contributed by atoms with Gasteiger partial charge in [-0.05, 0) is 51.2 Å². The SMILES string of the molecule is Cc1noc(C)c1CSc1ncccc1C(=O)NCCCOCC1CC1. The largest absolute Gasteiger partial charge is 0.381 e. The molecule has 0 atom stereocenters. The number of nitrogens with zero attached hydrogens (tertiary/aromatic N) is 2. The van der Waals surface area contributed by atoms with E-state index in [1.165, 1.54) is 24.6 Å². The monoisotopic (exact) mass is 375 g/mol. The van der Waals surface area contributed by atoms with Gasteiger partial charge in [-0.15, -0.1) is 11.8 Å². The molecule has 0 unspecified atom stereocenters. The van der Waals surface area contributed by atoms with E-state index in [0.717, 1.165) is 41.0 Å². The summed E-state index contributed by atoms with van der Waals surface area (Å²) in [5.74, 6) is 2.16. The summed E-state index contributed by atoms with van der Waals surface area (Å²) in [5.41, 5.74) is 2.53. The van der Waals surface area contributed by atoms with Gasteiger partial charge in [0.1, 0.15) is 10.8 Å². The molecule has 6 nitrogen and oxygen atoms in total. The number of aryl methyl sites for hydroxylation is 2. The first-order valence-electron chi connectivity index (χ1n) is 9.00. The number of hydrogen-bond acceptors (Lipinski definition) is 6. The molecule has 1 fully saturated rings. The summed E-state index contributed by atoms with van der Waals surface area (Å²) in [7, 11) is 0. The molecule has 140 valence electrons. The van der Waals surface area contributed by atoms with Gasteiger partial charge in [0.25, 0.3) is 5.91 Å². The summed E-state index contributed by atoms with van der Waals surface area (Å²) in [6.07, 6.45) is 5.12. The van der Waals surface area contributed by atoms with E-state index in [0.29, 0.717) is 24.5 Å². The van der Waals surface area contributed by atoms with E-state index >= 15 is 0 Å². The molecule has 0 aromatic carbocycles. The van der Waals surface area contributed by atoms with E-state index in [-0.39, 0.29) is 5.91 Å². The van der Waals surface area contributed by atoms with Crippen LogP contribution in [-0.4, -0.2) is 35.8 Å². The number of amides is 1. The molecule has 0 bridgehead atoms. The zero-order valence-electron chi connectivity index (χ0n) is 15.3. The second kappa shape index (κ2) is 9.19. The fraction of sp³-hybridized carbons (Fsp3) is 0.526. The number of nitrogens with one attached hydrogen (secondary N) is 1. The molecule has 3 rings (SSSR count). The molecular formula is C19H25N3O3S. The normalized spacial score (nSPS) is 13.8. The first-order chi connectivity index (χ1) is 12.6. The Labute approximate surface area is 158 Å². The molecule has 2 aromatic rings. The number of rotatable bonds is 10. The third-order valence-corrected chi connectivity index (χ3v) is 5.38. The van der Waals surface area contributed by atoms with Crippen LogP contribution in [0.1, 0.15) is 46.6 Å². The molecule has 0 aliphatic heterocycles. The molecule has 1 saturated carbocycles. The first-order valence-corrected chi connectivity index (χ1v) is 9.99. The fourth-order valence-electron chi connectivity index (χ4n) is 2.53. The molecular weight excluding hydrogens is 350 g/mol. The lowest BCUT2D eigenvalue weighted by molar-refractivity contribution is 0.0934. The van der Waals surface area contributed by atoms with Crippen molar-refractivity contribution in [3.05, 3.63) is 40.9 Å². The average molecular weight is 375 g/mol. The zero-order chi connectivity index (χ0) is 18.4. The quantitative estimate of drug-likeness (QED) is 0.506. The number of ether oxygens (including phenoxy) is 1. The van der Waals surface area contributed by atoms with Crippen LogP contribution in [0.15, 0.2) is 27.9 Å². The summed E-state index contributed by atoms with van der Waals surface area (Å²) < 4.78 is 10.8. The fourth-order valence-corrected chi connectivity index (χ4v) is 3.68. The Bertz CT molecular complexity index is 724. The Morgan fingerprint density at radius 1 is 1.42 bits per heavy atom. The molecule has 26 heavy (non-hydrogen) atoms. The number of carbonyl (C=O) groups excluding carboxylic acids is 1. The number of carbonyl (C=O) groups is 1. The lowest BCUT2D eigenvalue weighted by Gasteiger charge is -2.09. The topological polar surface area (TPSA) is 77.2 Å². The predicted octanol–water partition coefficient (Wildman–Crippen LogP) is 3.53. The van der Waals surface area contributed by atoms with E-state index in [2.05, 4.69) is 15.5 Å². The molecule has 1 amide bonds. The standard InChI is InChI=1S/C19H25N3O3S/c1-13-17(14(2)25-22-13)12-26-19-16(5-3-8-21-19)18(23)20-9-4-10-24-11-15-6-7-15/h3,5,8,15H,4,6-7,9-12H2,1-2H3,(H,20,23). The van der Waals surface area contributed by atoms with E-state index in [1.807, 2.05) is 19.9 Å². The van der Waals surface area contributed by atoms with Gasteiger partial charge in [0.05, 0.1) is 11.3 Å². The summed E-state index contributed by atoms with van der Waals surface area (Å²) in [6, 6.07) is 3.59. The van der Waals surface area contributed by atoms with Crippen molar-refractivity contribution in [3.8, 4) is 0 Å². The van der Waals surface area contributed by atoms with Crippen molar-refractivity contribution in [1.29, 1.82) is 0 Å². The molecule has 0 spiro atoms. The van der Waals surface area contributed by atoms with Crippen molar-refractivity contribution >= 4 is 17.7 Å². The molecule has 2 aromatic heterocycles. The number of hydrogen-bond donors (Lipinski definition) is 1. The summed E-state index contributed by atoms with van der Waals surface area (Å²) in [4.78, 5) is 16.8. The van der Waals surface area contributed by atoms with E-state index in [9.17, 15) is 4.79 Å². The van der Waals surface area contributed by atoms with Gasteiger partial charge in [0, 0.05) is 37.3 Å². The van der Waals surface area contributed by atoms with Gasteiger partial charge in [0.15, 0.2) is 0 Å². The van der Waals surface area contributed by atoms with E-state index in [1.54, 1.807) is 12.3 Å². The van der Waals surface area contributed by atoms with Crippen molar-refractivity contribution in [1.82, 2.24) is 15.5 Å². The highest BCUT2D eigenvalue weighted by Crippen LogP contribution is 2.29. The lowest BCUT2D eigenvalue weighted by Crippen LogP contribution is -2.26. The maximum atomic E-state index is 12.5. The molecule has 0 radical (unpaired) electrons. The van der Waals surface area contributed by atoms with Crippen molar-refractivity contribution in [2.75, 3.05) is 19.8 Å². The average Bonchev–Trinajstić information content (AvgIpc) is 3.42. The highest BCUT2D eigenvalue weighted by molar-refractivity contribution is 7.98. The highest BCUT2D eigenvalue weighted by Gasteiger charge is 2.21. The van der Waals surface area contributed by atoms with Crippen LogP contribution in [0, 0.1) is 19.8 Å². The molecule has 2 heterocycles. The first kappa shape index (κ1) is 18.9. The van der Waals surface area contributed by atoms with E-state index in [4.69, 9.17) is 9.26 Å². The Balaban J connectivity index is 1.48. The Kier molecular flexibility index (Phi) is 6.68. The minimum atomic E-state index is -0.0958. The highest BCUT2D eigenvalue weighted by atomic mass is 32.2. The predicted molar refractivity (Wildman–Crippen MR) is 100 cm³/mol. The third-order valence-electron chi connectivity index (χ3n) is 4.35. The molecule has 1 aliphatic rings. The van der Waals surface area contributed by atoms with Gasteiger partial charge >= 0.3 is 0 Å². The van der Waals surface area contributed by atoms with Gasteiger partial charge in [-0.1, -0.05) is 5.16 Å². The van der Waals surface area contributed by atoms with Crippen LogP contribution in [0.4, 0.5) is 0 Å². The Hall–Kier alpha value is -1.86. The minimum absolute atomic E-state index is 0.0958. The molecule has 0 saturated heterocycles. The minimum Gasteiger partial charge on any atom is -0.381 e. The van der Waals surface area contributed by atoms with Crippen LogP contribution >= 0.6 is 11.8 Å². The molecule has 1 aliphatic carbocycles. The molecule has 1 N–H and O–H groups in total. The summed E-state index contributed by atoms with van der Waals surface area (Å²) in [5, 5.41) is 7.64. The summed E-state index contributed by atoms with van der Waals surface area (Å²) >= 11 is 1.52. The van der Waals surface area contributed by atoms with Crippen molar-refractivity contribution < 1.29 is 14.1 Å².